The van der Waals surface area contributed by atoms with Crippen LogP contribution in [0.1, 0.15) is 11.1 Å². The molecule has 0 spiro atoms. The van der Waals surface area contributed by atoms with Crippen molar-refractivity contribution in [2.24, 2.45) is 0 Å². The highest BCUT2D eigenvalue weighted by molar-refractivity contribution is 9.10. The molecule has 0 radical (unpaired) electrons. The molecule has 0 aliphatic carbocycles. The van der Waals surface area contributed by atoms with Crippen LogP contribution in [0.3, 0.4) is 0 Å². The second-order valence-corrected chi connectivity index (χ2v) is 4.33. The summed E-state index contributed by atoms with van der Waals surface area (Å²) in [6.07, 6.45) is 0.935. The Morgan fingerprint density at radius 3 is 2.92 bits per heavy atom. The molecule has 1 heterocycles. The summed E-state index contributed by atoms with van der Waals surface area (Å²) in [7, 11) is 2.02. The topological polar surface area (TPSA) is 3.24 Å². The third-order valence-corrected chi connectivity index (χ3v) is 3.23. The Bertz CT molecular complexity index is 338. The van der Waals surface area contributed by atoms with Gasteiger partial charge >= 0.3 is 0 Å². The zero-order valence-electron chi connectivity index (χ0n) is 7.48. The molecule has 0 aromatic heterocycles. The number of hydrogen-bond acceptors (Lipinski definition) is 1. The van der Waals surface area contributed by atoms with E-state index in [1.165, 1.54) is 6.07 Å². The maximum Gasteiger partial charge on any atom is 0.128 e. The largest absolute Gasteiger partial charge is 0.302 e. The van der Waals surface area contributed by atoms with E-state index in [0.717, 1.165) is 35.1 Å². The van der Waals surface area contributed by atoms with E-state index in [1.54, 1.807) is 6.07 Å². The predicted molar refractivity (Wildman–Crippen MR) is 54.1 cm³/mol. The van der Waals surface area contributed by atoms with E-state index >= 15 is 0 Å². The lowest BCUT2D eigenvalue weighted by Crippen LogP contribution is -2.27. The Morgan fingerprint density at radius 1 is 1.38 bits per heavy atom. The van der Waals surface area contributed by atoms with Gasteiger partial charge in [-0.05, 0) is 31.2 Å². The highest BCUT2D eigenvalue weighted by Crippen LogP contribution is 2.27. The molecular formula is C10H11BrFN. The minimum Gasteiger partial charge on any atom is -0.302 e. The molecule has 1 aliphatic rings. The highest BCUT2D eigenvalue weighted by Gasteiger charge is 2.18. The van der Waals surface area contributed by atoms with Crippen molar-refractivity contribution >= 4 is 15.9 Å². The normalized spacial score (nSPS) is 17.2. The zero-order valence-corrected chi connectivity index (χ0v) is 9.07. The quantitative estimate of drug-likeness (QED) is 0.678. The molecule has 0 saturated carbocycles. The van der Waals surface area contributed by atoms with Gasteiger partial charge in [0.1, 0.15) is 5.82 Å². The van der Waals surface area contributed by atoms with E-state index in [-0.39, 0.29) is 5.82 Å². The first-order chi connectivity index (χ1) is 6.18. The lowest BCUT2D eigenvalue weighted by Gasteiger charge is -2.25. The van der Waals surface area contributed by atoms with Crippen molar-refractivity contribution in [2.45, 2.75) is 13.0 Å². The molecule has 13 heavy (non-hydrogen) atoms. The number of likely N-dealkylation sites (N-methyl/N-ethyl adjacent to an activating group) is 1. The lowest BCUT2D eigenvalue weighted by atomic mass is 10.00. The van der Waals surface area contributed by atoms with E-state index in [9.17, 15) is 4.39 Å². The monoisotopic (exact) mass is 243 g/mol. The number of benzene rings is 1. The van der Waals surface area contributed by atoms with Gasteiger partial charge in [0.25, 0.3) is 0 Å². The molecule has 1 nitrogen and oxygen atoms in total. The van der Waals surface area contributed by atoms with Gasteiger partial charge in [-0.3, -0.25) is 0 Å². The summed E-state index contributed by atoms with van der Waals surface area (Å²) < 4.78 is 14.4. The van der Waals surface area contributed by atoms with Crippen LogP contribution >= 0.6 is 15.9 Å². The van der Waals surface area contributed by atoms with Gasteiger partial charge in [-0.2, -0.15) is 0 Å². The van der Waals surface area contributed by atoms with Crippen LogP contribution in [0.4, 0.5) is 4.39 Å². The number of hydrogen-bond donors (Lipinski definition) is 0. The van der Waals surface area contributed by atoms with Crippen molar-refractivity contribution in [2.75, 3.05) is 13.6 Å². The smallest absolute Gasteiger partial charge is 0.128 e. The van der Waals surface area contributed by atoms with Gasteiger partial charge in [-0.1, -0.05) is 15.9 Å². The minimum absolute atomic E-state index is 0.0789. The molecule has 0 atom stereocenters. The van der Waals surface area contributed by atoms with Gasteiger partial charge in [-0.25, -0.2) is 4.39 Å². The maximum atomic E-state index is 13.4. The van der Waals surface area contributed by atoms with Crippen LogP contribution in [-0.4, -0.2) is 18.5 Å². The summed E-state index contributed by atoms with van der Waals surface area (Å²) in [5, 5.41) is 0. The second-order valence-electron chi connectivity index (χ2n) is 3.47. The van der Waals surface area contributed by atoms with Gasteiger partial charge in [0.2, 0.25) is 0 Å². The summed E-state index contributed by atoms with van der Waals surface area (Å²) in [6, 6.07) is 3.32. The Hall–Kier alpha value is -0.410. The highest BCUT2D eigenvalue weighted by atomic mass is 79.9. The van der Waals surface area contributed by atoms with Gasteiger partial charge in [0, 0.05) is 23.1 Å². The summed E-state index contributed by atoms with van der Waals surface area (Å²) >= 11 is 3.45. The van der Waals surface area contributed by atoms with E-state index < -0.39 is 0 Å². The SMILES string of the molecule is CN1CCc2c(Br)ccc(F)c2C1. The van der Waals surface area contributed by atoms with Crippen LogP contribution in [0.5, 0.6) is 0 Å². The molecule has 0 bridgehead atoms. The van der Waals surface area contributed by atoms with Gasteiger partial charge in [0.15, 0.2) is 0 Å². The van der Waals surface area contributed by atoms with Crippen molar-refractivity contribution in [3.8, 4) is 0 Å². The number of nitrogens with zero attached hydrogens (tertiary/aromatic N) is 1. The summed E-state index contributed by atoms with van der Waals surface area (Å²) in [5.41, 5.74) is 1.99. The van der Waals surface area contributed by atoms with Gasteiger partial charge in [-0.15, -0.1) is 0 Å². The number of halogens is 2. The second kappa shape index (κ2) is 3.39. The summed E-state index contributed by atoms with van der Waals surface area (Å²) in [4.78, 5) is 2.14. The molecule has 0 fully saturated rings. The van der Waals surface area contributed by atoms with Crippen LogP contribution in [0.25, 0.3) is 0 Å². The Kier molecular flexibility index (Phi) is 2.39. The first kappa shape index (κ1) is 9.16. The molecule has 1 aromatic carbocycles. The van der Waals surface area contributed by atoms with Crippen LogP contribution in [0.15, 0.2) is 16.6 Å². The number of fused-ring (bicyclic) bond motifs is 1. The summed E-state index contributed by atoms with van der Waals surface area (Å²) in [5.74, 6) is -0.0789. The molecule has 1 aliphatic heterocycles. The van der Waals surface area contributed by atoms with Crippen LogP contribution < -0.4 is 0 Å². The maximum absolute atomic E-state index is 13.4. The molecule has 3 heteroatoms. The molecular weight excluding hydrogens is 233 g/mol. The number of rotatable bonds is 0. The van der Waals surface area contributed by atoms with Crippen molar-refractivity contribution in [1.82, 2.24) is 4.90 Å². The molecule has 1 aromatic rings. The minimum atomic E-state index is -0.0789. The first-order valence-electron chi connectivity index (χ1n) is 4.33. The lowest BCUT2D eigenvalue weighted by molar-refractivity contribution is 0.305. The van der Waals surface area contributed by atoms with E-state index in [0.29, 0.717) is 0 Å². The molecule has 0 saturated heterocycles. The average molecular weight is 244 g/mol. The molecule has 2 rings (SSSR count). The van der Waals surface area contributed by atoms with E-state index in [1.807, 2.05) is 7.05 Å². The average Bonchev–Trinajstić information content (AvgIpc) is 2.12. The van der Waals surface area contributed by atoms with Crippen LogP contribution in [0.2, 0.25) is 0 Å². The Morgan fingerprint density at radius 2 is 2.15 bits per heavy atom. The third-order valence-electron chi connectivity index (χ3n) is 2.49. The molecule has 0 N–H and O–H groups in total. The Balaban J connectivity index is 2.51. The Labute approximate surface area is 85.7 Å². The predicted octanol–water partition coefficient (Wildman–Crippen LogP) is 2.58. The fourth-order valence-corrected chi connectivity index (χ4v) is 2.30. The van der Waals surface area contributed by atoms with Crippen molar-refractivity contribution in [1.29, 1.82) is 0 Å². The fourth-order valence-electron chi connectivity index (χ4n) is 1.73. The first-order valence-corrected chi connectivity index (χ1v) is 5.12. The summed E-state index contributed by atoms with van der Waals surface area (Å²) in [6.45, 7) is 1.73. The van der Waals surface area contributed by atoms with Crippen LogP contribution in [-0.2, 0) is 13.0 Å². The van der Waals surface area contributed by atoms with Gasteiger partial charge in [0.05, 0.1) is 0 Å². The standard InChI is InChI=1S/C10H11BrFN/c1-13-5-4-7-8(6-13)10(12)3-2-9(7)11/h2-3H,4-6H2,1H3. The van der Waals surface area contributed by atoms with Crippen LogP contribution in [0, 0.1) is 5.82 Å². The van der Waals surface area contributed by atoms with Gasteiger partial charge < -0.3 is 4.90 Å². The van der Waals surface area contributed by atoms with E-state index in [2.05, 4.69) is 20.8 Å². The third kappa shape index (κ3) is 1.63. The van der Waals surface area contributed by atoms with E-state index in [4.69, 9.17) is 0 Å². The zero-order chi connectivity index (χ0) is 9.42. The molecule has 0 amide bonds. The molecule has 0 unspecified atom stereocenters. The fraction of sp³-hybridized carbons (Fsp3) is 0.400. The van der Waals surface area contributed by atoms with Crippen molar-refractivity contribution in [3.05, 3.63) is 33.5 Å². The van der Waals surface area contributed by atoms with Crippen molar-refractivity contribution in [3.63, 3.8) is 0 Å². The van der Waals surface area contributed by atoms with Crippen molar-refractivity contribution < 1.29 is 4.39 Å². The molecule has 70 valence electrons.